The summed E-state index contributed by atoms with van der Waals surface area (Å²) in [6.45, 7) is 8.27. The number of hydrogen-bond acceptors (Lipinski definition) is 6. The van der Waals surface area contributed by atoms with Crippen LogP contribution < -0.4 is 14.5 Å². The average Bonchev–Trinajstić information content (AvgIpc) is 3.15. The molecule has 0 saturated heterocycles. The van der Waals surface area contributed by atoms with Crippen molar-refractivity contribution in [2.24, 2.45) is 0 Å². The van der Waals surface area contributed by atoms with Gasteiger partial charge in [0.25, 0.3) is 5.88 Å². The summed E-state index contributed by atoms with van der Waals surface area (Å²) < 4.78 is 5.40. The Morgan fingerprint density at radius 2 is 1.84 bits per heavy atom. The third-order valence-electron chi connectivity index (χ3n) is 4.77. The van der Waals surface area contributed by atoms with Gasteiger partial charge < -0.3 is 14.5 Å². The molecule has 6 nitrogen and oxygen atoms in total. The standard InChI is InChI=1S/C17H14N4O2.C2H6/c1-17(2)13-12-14(19-9-18-13)23-15(22)11-8-20(16(17)21(11)12)10-6-4-3-5-7-10;1-2/h3-9,16H,1-2H3;1-2H3. The van der Waals surface area contributed by atoms with E-state index in [4.69, 9.17) is 4.74 Å². The van der Waals surface area contributed by atoms with Gasteiger partial charge in [-0.05, 0) is 12.1 Å². The first-order valence-corrected chi connectivity index (χ1v) is 8.51. The number of carbonyl (C=O) groups is 1. The largest absolute Gasteiger partial charge is 0.400 e. The van der Waals surface area contributed by atoms with E-state index in [1.807, 2.05) is 55.3 Å². The molecule has 25 heavy (non-hydrogen) atoms. The molecule has 1 atom stereocenters. The Morgan fingerprint density at radius 1 is 1.12 bits per heavy atom. The van der Waals surface area contributed by atoms with Crippen LogP contribution in [0.4, 0.5) is 11.4 Å². The highest BCUT2D eigenvalue weighted by Crippen LogP contribution is 2.55. The lowest BCUT2D eigenvalue weighted by Gasteiger charge is -2.36. The number of nitrogens with zero attached hydrogens (tertiary/aromatic N) is 4. The molecule has 4 heterocycles. The molecule has 1 unspecified atom stereocenters. The van der Waals surface area contributed by atoms with E-state index in [0.29, 0.717) is 11.6 Å². The SMILES string of the molecule is CC.CC1(C)c2ncnc3c2N2C(=CN(c4ccccc4)C21)C(=O)O3. The van der Waals surface area contributed by atoms with Crippen LogP contribution >= 0.6 is 0 Å². The van der Waals surface area contributed by atoms with Gasteiger partial charge in [-0.15, -0.1) is 0 Å². The number of rotatable bonds is 1. The van der Waals surface area contributed by atoms with Gasteiger partial charge in [-0.3, -0.25) is 0 Å². The summed E-state index contributed by atoms with van der Waals surface area (Å²) in [6, 6.07) is 10.0. The third kappa shape index (κ3) is 1.94. The fourth-order valence-corrected chi connectivity index (χ4v) is 3.79. The number of para-hydroxylation sites is 1. The first kappa shape index (κ1) is 15.6. The molecule has 3 aliphatic rings. The van der Waals surface area contributed by atoms with E-state index in [0.717, 1.165) is 17.1 Å². The zero-order valence-electron chi connectivity index (χ0n) is 14.7. The molecular formula is C19H20N4O2. The molecule has 0 amide bonds. The van der Waals surface area contributed by atoms with Crippen LogP contribution in [0, 0.1) is 0 Å². The van der Waals surface area contributed by atoms with Gasteiger partial charge in [0.05, 0.1) is 5.69 Å². The van der Waals surface area contributed by atoms with Crippen LogP contribution in [-0.4, -0.2) is 22.1 Å². The first-order chi connectivity index (χ1) is 12.1. The highest BCUT2D eigenvalue weighted by molar-refractivity contribution is 6.02. The van der Waals surface area contributed by atoms with Crippen molar-refractivity contribution in [3.05, 3.63) is 54.3 Å². The van der Waals surface area contributed by atoms with E-state index in [1.165, 1.54) is 6.33 Å². The molecule has 2 aromatic rings. The van der Waals surface area contributed by atoms with Gasteiger partial charge in [-0.2, -0.15) is 4.98 Å². The Hall–Kier alpha value is -2.89. The van der Waals surface area contributed by atoms with Crippen LogP contribution in [0.2, 0.25) is 0 Å². The van der Waals surface area contributed by atoms with E-state index >= 15 is 0 Å². The number of ether oxygens (including phenoxy) is 1. The van der Waals surface area contributed by atoms with Crippen LogP contribution in [0.5, 0.6) is 5.88 Å². The minimum Gasteiger partial charge on any atom is -0.400 e. The summed E-state index contributed by atoms with van der Waals surface area (Å²) in [6.07, 6.45) is 3.27. The average molecular weight is 336 g/mol. The number of carbonyl (C=O) groups excluding carboxylic acids is 1. The van der Waals surface area contributed by atoms with Crippen molar-refractivity contribution in [3.8, 4) is 5.88 Å². The predicted octanol–water partition coefficient (Wildman–Crippen LogP) is 3.21. The van der Waals surface area contributed by atoms with E-state index in [9.17, 15) is 4.79 Å². The van der Waals surface area contributed by atoms with Crippen molar-refractivity contribution in [3.63, 3.8) is 0 Å². The smallest absolute Gasteiger partial charge is 0.363 e. The number of esters is 1. The van der Waals surface area contributed by atoms with Crippen molar-refractivity contribution in [2.45, 2.75) is 39.3 Å². The van der Waals surface area contributed by atoms with E-state index in [-0.39, 0.29) is 17.6 Å². The van der Waals surface area contributed by atoms with E-state index < -0.39 is 0 Å². The molecule has 0 aliphatic carbocycles. The van der Waals surface area contributed by atoms with E-state index in [1.54, 1.807) is 0 Å². The normalized spacial score (nSPS) is 21.2. The molecule has 3 aliphatic heterocycles. The third-order valence-corrected chi connectivity index (χ3v) is 4.77. The molecular weight excluding hydrogens is 316 g/mol. The summed E-state index contributed by atoms with van der Waals surface area (Å²) in [5, 5.41) is 0. The fraction of sp³-hybridized carbons (Fsp3) is 0.316. The Kier molecular flexibility index (Phi) is 3.32. The second kappa shape index (κ2) is 5.31. The lowest BCUT2D eigenvalue weighted by Crippen LogP contribution is -2.48. The van der Waals surface area contributed by atoms with Crippen LogP contribution in [0.3, 0.4) is 0 Å². The summed E-state index contributed by atoms with van der Waals surface area (Å²) in [5.41, 5.74) is 3.00. The van der Waals surface area contributed by atoms with Crippen molar-refractivity contribution in [1.82, 2.24) is 9.97 Å². The van der Waals surface area contributed by atoms with E-state index in [2.05, 4.69) is 28.7 Å². The van der Waals surface area contributed by atoms with Gasteiger partial charge in [0.15, 0.2) is 0 Å². The van der Waals surface area contributed by atoms with Crippen molar-refractivity contribution in [2.75, 3.05) is 9.80 Å². The molecule has 1 aromatic carbocycles. The molecule has 128 valence electrons. The quantitative estimate of drug-likeness (QED) is 0.745. The monoisotopic (exact) mass is 336 g/mol. The second-order valence-corrected chi connectivity index (χ2v) is 6.49. The van der Waals surface area contributed by atoms with Gasteiger partial charge >= 0.3 is 5.97 Å². The molecule has 6 heteroatoms. The van der Waals surface area contributed by atoms with Crippen molar-refractivity contribution < 1.29 is 9.53 Å². The zero-order valence-corrected chi connectivity index (χ0v) is 14.7. The van der Waals surface area contributed by atoms with Crippen molar-refractivity contribution >= 4 is 17.3 Å². The van der Waals surface area contributed by atoms with Gasteiger partial charge in [0.1, 0.15) is 23.9 Å². The zero-order chi connectivity index (χ0) is 17.8. The van der Waals surface area contributed by atoms with Gasteiger partial charge in [-0.25, -0.2) is 9.78 Å². The molecule has 0 bridgehead atoms. The number of benzene rings is 1. The maximum absolute atomic E-state index is 12.4. The van der Waals surface area contributed by atoms with Gasteiger partial charge in [0, 0.05) is 17.3 Å². The fourth-order valence-electron chi connectivity index (χ4n) is 3.79. The Labute approximate surface area is 146 Å². The van der Waals surface area contributed by atoms with Gasteiger partial charge in [-0.1, -0.05) is 45.9 Å². The van der Waals surface area contributed by atoms with Crippen LogP contribution in [0.15, 0.2) is 48.6 Å². The molecule has 0 saturated carbocycles. The maximum Gasteiger partial charge on any atom is 0.363 e. The first-order valence-electron chi connectivity index (χ1n) is 8.51. The molecule has 0 fully saturated rings. The van der Waals surface area contributed by atoms with Crippen LogP contribution in [0.25, 0.3) is 0 Å². The maximum atomic E-state index is 12.4. The lowest BCUT2D eigenvalue weighted by molar-refractivity contribution is -0.130. The van der Waals surface area contributed by atoms with Crippen molar-refractivity contribution in [1.29, 1.82) is 0 Å². The van der Waals surface area contributed by atoms with Crippen LogP contribution in [0.1, 0.15) is 33.4 Å². The van der Waals surface area contributed by atoms with Crippen LogP contribution in [-0.2, 0) is 10.2 Å². The molecule has 0 spiro atoms. The Bertz CT molecular complexity index is 876. The molecule has 1 aromatic heterocycles. The summed E-state index contributed by atoms with van der Waals surface area (Å²) in [7, 11) is 0. The minimum absolute atomic E-state index is 0.0572. The Morgan fingerprint density at radius 3 is 2.56 bits per heavy atom. The predicted molar refractivity (Wildman–Crippen MR) is 95.3 cm³/mol. The minimum atomic E-state index is -0.372. The highest BCUT2D eigenvalue weighted by atomic mass is 16.5. The van der Waals surface area contributed by atoms with Gasteiger partial charge in [0.2, 0.25) is 0 Å². The summed E-state index contributed by atoms with van der Waals surface area (Å²) in [4.78, 5) is 25.1. The summed E-state index contributed by atoms with van der Waals surface area (Å²) in [5.74, 6) is -0.0223. The molecule has 5 rings (SSSR count). The topological polar surface area (TPSA) is 58.6 Å². The highest BCUT2D eigenvalue weighted by Gasteiger charge is 2.57. The lowest BCUT2D eigenvalue weighted by atomic mass is 9.87. The second-order valence-electron chi connectivity index (χ2n) is 6.49. The number of aromatic nitrogens is 2. The molecule has 0 radical (unpaired) electrons. The number of anilines is 2. The summed E-state index contributed by atoms with van der Waals surface area (Å²) >= 11 is 0. The molecule has 0 N–H and O–H groups in total. The number of hydrogen-bond donors (Lipinski definition) is 0. The Balaban J connectivity index is 0.000000758.